The van der Waals surface area contributed by atoms with Crippen molar-refractivity contribution in [1.82, 2.24) is 14.8 Å². The van der Waals surface area contributed by atoms with Gasteiger partial charge in [-0.3, -0.25) is 9.69 Å². The smallest absolute Gasteiger partial charge is 0.243 e. The van der Waals surface area contributed by atoms with Crippen molar-refractivity contribution in [2.24, 2.45) is 17.3 Å². The Morgan fingerprint density at radius 2 is 1.90 bits per heavy atom. The molecule has 2 aromatic carbocycles. The van der Waals surface area contributed by atoms with Crippen LogP contribution in [0.15, 0.2) is 58.7 Å². The van der Waals surface area contributed by atoms with Crippen LogP contribution < -0.4 is 10.6 Å². The van der Waals surface area contributed by atoms with Crippen LogP contribution in [-0.4, -0.2) is 37.8 Å². The molecule has 0 bridgehead atoms. The number of amides is 1. The summed E-state index contributed by atoms with van der Waals surface area (Å²) in [6, 6.07) is 15.5. The van der Waals surface area contributed by atoms with Gasteiger partial charge in [-0.15, -0.1) is 10.2 Å². The minimum absolute atomic E-state index is 0.0125. The van der Waals surface area contributed by atoms with Crippen LogP contribution in [0.25, 0.3) is 11.4 Å². The van der Waals surface area contributed by atoms with Crippen LogP contribution in [0, 0.1) is 0 Å². The molecular weight excluding hydrogens is 410 g/mol. The van der Waals surface area contributed by atoms with Crippen LogP contribution in [0.4, 0.5) is 11.6 Å². The van der Waals surface area contributed by atoms with Gasteiger partial charge in [0.1, 0.15) is 0 Å². The highest BCUT2D eigenvalue weighted by Gasteiger charge is 2.31. The van der Waals surface area contributed by atoms with E-state index >= 15 is 0 Å². The number of para-hydroxylation sites is 1. The van der Waals surface area contributed by atoms with Crippen LogP contribution in [0.1, 0.15) is 30.9 Å². The van der Waals surface area contributed by atoms with E-state index in [0.29, 0.717) is 28.6 Å². The number of amidine groups is 1. The predicted molar refractivity (Wildman–Crippen MR) is 126 cm³/mol. The highest BCUT2D eigenvalue weighted by molar-refractivity contribution is 8.15. The molecule has 158 valence electrons. The molecule has 2 N–H and O–H groups in total. The Hall–Kier alpha value is -3.46. The molecule has 0 aliphatic carbocycles. The normalized spacial score (nSPS) is 15.7. The first-order valence-electron chi connectivity index (χ1n) is 9.86. The number of benzene rings is 2. The predicted octanol–water partition coefficient (Wildman–Crippen LogP) is 3.66. The zero-order valence-electron chi connectivity index (χ0n) is 17.6. The van der Waals surface area contributed by atoms with Crippen LogP contribution in [0.5, 0.6) is 0 Å². The number of carbonyl (C=O) groups is 1. The van der Waals surface area contributed by atoms with Gasteiger partial charge in [-0.25, -0.2) is 4.68 Å². The van der Waals surface area contributed by atoms with Crippen LogP contribution in [-0.2, 0) is 11.8 Å². The maximum atomic E-state index is 12.5. The van der Waals surface area contributed by atoms with Gasteiger partial charge in [0.25, 0.3) is 0 Å². The zero-order valence-corrected chi connectivity index (χ0v) is 18.4. The second-order valence-electron chi connectivity index (χ2n) is 7.40. The Labute approximate surface area is 184 Å². The van der Waals surface area contributed by atoms with E-state index in [1.165, 1.54) is 16.4 Å². The average molecular weight is 434 g/mol. The van der Waals surface area contributed by atoms with Crippen molar-refractivity contribution in [3.63, 3.8) is 0 Å². The van der Waals surface area contributed by atoms with Gasteiger partial charge in [-0.2, -0.15) is 10.1 Å². The van der Waals surface area contributed by atoms with E-state index in [9.17, 15) is 4.79 Å². The average Bonchev–Trinajstić information content (AvgIpc) is 3.30. The molecule has 1 saturated heterocycles. The summed E-state index contributed by atoms with van der Waals surface area (Å²) in [6.07, 6.45) is 1.66. The molecule has 31 heavy (non-hydrogen) atoms. The Morgan fingerprint density at radius 3 is 2.58 bits per heavy atom. The Balaban J connectivity index is 1.54. The summed E-state index contributed by atoms with van der Waals surface area (Å²) >= 11 is 1.39. The Morgan fingerprint density at radius 1 is 1.16 bits per heavy atom. The molecule has 0 atom stereocenters. The molecule has 3 aromatic rings. The first-order chi connectivity index (χ1) is 14.9. The fraction of sp³-hybridized carbons (Fsp3) is 0.227. The number of hydrogen-bond acceptors (Lipinski definition) is 7. The minimum atomic E-state index is 0.0125. The van der Waals surface area contributed by atoms with Crippen LogP contribution in [0.2, 0.25) is 0 Å². The lowest BCUT2D eigenvalue weighted by atomic mass is 10.0. The number of nitrogens with two attached hydrogens (primary N) is 1. The first-order valence-corrected chi connectivity index (χ1v) is 10.8. The van der Waals surface area contributed by atoms with E-state index in [1.54, 1.807) is 18.2 Å². The van der Waals surface area contributed by atoms with E-state index < -0.39 is 0 Å². The lowest BCUT2D eigenvalue weighted by molar-refractivity contribution is -0.115. The fourth-order valence-electron chi connectivity index (χ4n) is 3.23. The molecular formula is C22H23N7OS. The van der Waals surface area contributed by atoms with Crippen LogP contribution in [0.3, 0.4) is 0 Å². The number of aryl methyl sites for hydroxylation is 1. The van der Waals surface area contributed by atoms with Gasteiger partial charge in [-0.05, 0) is 23.1 Å². The third-order valence-electron chi connectivity index (χ3n) is 4.88. The monoisotopic (exact) mass is 433 g/mol. The largest absolute Gasteiger partial charge is 0.368 e. The van der Waals surface area contributed by atoms with Gasteiger partial charge in [0, 0.05) is 12.6 Å². The number of nitrogens with zero attached hydrogens (tertiary/aromatic N) is 6. The van der Waals surface area contributed by atoms with Crippen LogP contribution >= 0.6 is 11.8 Å². The summed E-state index contributed by atoms with van der Waals surface area (Å²) in [6.45, 7) is 4.22. The molecule has 1 aliphatic heterocycles. The minimum Gasteiger partial charge on any atom is -0.368 e. The van der Waals surface area contributed by atoms with Crippen molar-refractivity contribution < 1.29 is 4.79 Å². The van der Waals surface area contributed by atoms with Crippen molar-refractivity contribution in [3.8, 4) is 11.4 Å². The molecule has 9 heteroatoms. The molecule has 0 radical (unpaired) electrons. The lowest BCUT2D eigenvalue weighted by Gasteiger charge is -2.20. The molecule has 1 aromatic heterocycles. The topological polar surface area (TPSA) is 102 Å². The third-order valence-corrected chi connectivity index (χ3v) is 5.79. The molecule has 4 rings (SSSR count). The maximum absolute atomic E-state index is 12.5. The number of thioether (sulfide) groups is 1. The lowest BCUT2D eigenvalue weighted by Crippen LogP contribution is -2.30. The van der Waals surface area contributed by atoms with E-state index in [1.807, 2.05) is 48.5 Å². The highest BCUT2D eigenvalue weighted by Crippen LogP contribution is 2.33. The third kappa shape index (κ3) is 4.36. The summed E-state index contributed by atoms with van der Waals surface area (Å²) in [5.41, 5.74) is 9.46. The van der Waals surface area contributed by atoms with Gasteiger partial charge >= 0.3 is 0 Å². The van der Waals surface area contributed by atoms with E-state index in [4.69, 9.17) is 5.73 Å². The summed E-state index contributed by atoms with van der Waals surface area (Å²) in [4.78, 5) is 18.4. The number of carbonyl (C=O) groups excluding carboxylic acids is 1. The number of rotatable bonds is 5. The fourth-order valence-corrected chi connectivity index (χ4v) is 4.05. The van der Waals surface area contributed by atoms with Gasteiger partial charge < -0.3 is 5.73 Å². The molecule has 1 amide bonds. The molecule has 8 nitrogen and oxygen atoms in total. The first kappa shape index (κ1) is 20.8. The molecule has 1 aliphatic rings. The van der Waals surface area contributed by atoms with E-state index in [2.05, 4.69) is 34.1 Å². The van der Waals surface area contributed by atoms with Gasteiger partial charge in [0.15, 0.2) is 11.0 Å². The zero-order chi connectivity index (χ0) is 22.0. The van der Waals surface area contributed by atoms with Crippen molar-refractivity contribution in [2.45, 2.75) is 19.8 Å². The number of nitrogen functional groups attached to an aromatic ring is 1. The summed E-state index contributed by atoms with van der Waals surface area (Å²) < 4.78 is 1.53. The number of aromatic nitrogens is 3. The molecule has 0 unspecified atom stereocenters. The van der Waals surface area contributed by atoms with Gasteiger partial charge in [-0.1, -0.05) is 68.1 Å². The summed E-state index contributed by atoms with van der Waals surface area (Å²) in [7, 11) is 1.75. The standard InChI is InChI=1S/C22H23N7OS/c1-14(2)17-6-4-5-7-18(17)29-19(30)13-31-22(29)26-24-12-15-8-10-16(11-9-15)20-25-21(23)28(3)27-20/h4-12,14H,13H2,1-3H3,(H2,23,25,27). The van der Waals surface area contributed by atoms with Crippen molar-refractivity contribution in [1.29, 1.82) is 0 Å². The molecule has 0 spiro atoms. The quantitative estimate of drug-likeness (QED) is 0.489. The van der Waals surface area contributed by atoms with Crippen molar-refractivity contribution in [2.75, 3.05) is 16.4 Å². The summed E-state index contributed by atoms with van der Waals surface area (Å²) in [5, 5.41) is 13.4. The van der Waals surface area contributed by atoms with E-state index in [0.717, 1.165) is 22.4 Å². The molecule has 0 saturated carbocycles. The number of anilines is 2. The number of hydrogen-bond donors (Lipinski definition) is 1. The van der Waals surface area contributed by atoms with Gasteiger partial charge in [0.05, 0.1) is 17.7 Å². The highest BCUT2D eigenvalue weighted by atomic mass is 32.2. The molecule has 2 heterocycles. The van der Waals surface area contributed by atoms with Gasteiger partial charge in [0.2, 0.25) is 11.9 Å². The maximum Gasteiger partial charge on any atom is 0.243 e. The molecule has 1 fully saturated rings. The van der Waals surface area contributed by atoms with Crippen molar-refractivity contribution in [3.05, 3.63) is 59.7 Å². The van der Waals surface area contributed by atoms with E-state index in [-0.39, 0.29) is 5.91 Å². The summed E-state index contributed by atoms with van der Waals surface area (Å²) in [5.74, 6) is 1.60. The second kappa shape index (κ2) is 8.73. The Bertz CT molecular complexity index is 1150. The second-order valence-corrected chi connectivity index (χ2v) is 8.34. The van der Waals surface area contributed by atoms with Crippen molar-refractivity contribution >= 4 is 40.7 Å². The Kier molecular flexibility index (Phi) is 5.85. The SMILES string of the molecule is CC(C)c1ccccc1N1C(=O)CSC1=NN=Cc1ccc(-c2nc(N)n(C)n2)cc1.